The molecule has 0 radical (unpaired) electrons. The highest BCUT2D eigenvalue weighted by atomic mass is 32.1. The summed E-state index contributed by atoms with van der Waals surface area (Å²) in [4.78, 5) is 12.1. The Kier molecular flexibility index (Phi) is 4.28. The molecule has 0 saturated heterocycles. The van der Waals surface area contributed by atoms with Gasteiger partial charge >= 0.3 is 6.18 Å². The van der Waals surface area contributed by atoms with Gasteiger partial charge in [0.2, 0.25) is 5.88 Å². The van der Waals surface area contributed by atoms with Gasteiger partial charge in [-0.2, -0.15) is 13.2 Å². The van der Waals surface area contributed by atoms with Gasteiger partial charge in [-0.25, -0.2) is 15.0 Å². The summed E-state index contributed by atoms with van der Waals surface area (Å²) in [5, 5.41) is 4.98. The number of rotatable bonds is 5. The number of fused-ring (bicyclic) bond motifs is 1. The van der Waals surface area contributed by atoms with Crippen LogP contribution in [0, 0.1) is 0 Å². The van der Waals surface area contributed by atoms with Crippen molar-refractivity contribution in [1.82, 2.24) is 15.0 Å². The summed E-state index contributed by atoms with van der Waals surface area (Å²) in [5.74, 6) is 0.574. The number of anilines is 1. The van der Waals surface area contributed by atoms with Crippen molar-refractivity contribution in [3.8, 4) is 5.88 Å². The lowest BCUT2D eigenvalue weighted by Crippen LogP contribution is -2.20. The third-order valence-corrected chi connectivity index (χ3v) is 3.82. The van der Waals surface area contributed by atoms with E-state index >= 15 is 0 Å². The Bertz CT molecular complexity index is 806. The predicted molar refractivity (Wildman–Crippen MR) is 80.5 cm³/mol. The molecule has 1 N–H and O–H groups in total. The van der Waals surface area contributed by atoms with Crippen LogP contribution in [0.4, 0.5) is 19.0 Å². The lowest BCUT2D eigenvalue weighted by Gasteiger charge is -2.12. The Morgan fingerprint density at radius 2 is 2.04 bits per heavy atom. The van der Waals surface area contributed by atoms with Crippen LogP contribution in [0.3, 0.4) is 0 Å². The highest BCUT2D eigenvalue weighted by molar-refractivity contribution is 7.17. The molecule has 0 atom stereocenters. The van der Waals surface area contributed by atoms with E-state index in [1.807, 2.05) is 11.4 Å². The average molecular weight is 340 g/mol. The molecule has 0 aliphatic heterocycles. The van der Waals surface area contributed by atoms with Crippen LogP contribution in [-0.2, 0) is 6.54 Å². The second-order valence-electron chi connectivity index (χ2n) is 4.58. The second-order valence-corrected chi connectivity index (χ2v) is 5.50. The fourth-order valence-electron chi connectivity index (χ4n) is 1.93. The summed E-state index contributed by atoms with van der Waals surface area (Å²) in [5.41, 5.74) is 1.33. The van der Waals surface area contributed by atoms with Gasteiger partial charge in [0.1, 0.15) is 12.1 Å². The molecule has 0 aliphatic rings. The van der Waals surface area contributed by atoms with Crippen molar-refractivity contribution in [2.45, 2.75) is 12.7 Å². The summed E-state index contributed by atoms with van der Waals surface area (Å²) in [6.45, 7) is -1.13. The summed E-state index contributed by atoms with van der Waals surface area (Å²) in [6.07, 6.45) is -1.59. The first-order chi connectivity index (χ1) is 11.0. The fraction of sp³-hybridized carbons (Fsp3) is 0.214. The maximum atomic E-state index is 12.3. The van der Waals surface area contributed by atoms with Crippen LogP contribution >= 0.6 is 11.3 Å². The number of nitrogens with zero attached hydrogens (tertiary/aromatic N) is 3. The molecule has 5 nitrogen and oxygen atoms in total. The third-order valence-electron chi connectivity index (χ3n) is 2.91. The molecule has 3 aromatic heterocycles. The molecule has 0 aliphatic carbocycles. The van der Waals surface area contributed by atoms with Gasteiger partial charge in [0, 0.05) is 18.3 Å². The van der Waals surface area contributed by atoms with Crippen molar-refractivity contribution >= 4 is 27.4 Å². The van der Waals surface area contributed by atoms with E-state index in [2.05, 4.69) is 20.3 Å². The SMILES string of the molecule is FC(F)(F)COc1ncccc1CNc1ncnc2ccsc12. The Labute approximate surface area is 133 Å². The van der Waals surface area contributed by atoms with E-state index < -0.39 is 12.8 Å². The van der Waals surface area contributed by atoms with Crippen LogP contribution in [0.5, 0.6) is 5.88 Å². The number of ether oxygens (including phenoxy) is 1. The van der Waals surface area contributed by atoms with E-state index in [4.69, 9.17) is 4.74 Å². The van der Waals surface area contributed by atoms with E-state index in [-0.39, 0.29) is 12.4 Å². The van der Waals surface area contributed by atoms with E-state index in [1.165, 1.54) is 23.9 Å². The Balaban J connectivity index is 1.74. The summed E-state index contributed by atoms with van der Waals surface area (Å²) >= 11 is 1.48. The molecular weight excluding hydrogens is 329 g/mol. The van der Waals surface area contributed by atoms with Gasteiger partial charge in [-0.15, -0.1) is 11.3 Å². The summed E-state index contributed by atoms with van der Waals surface area (Å²) in [6, 6.07) is 5.16. The second kappa shape index (κ2) is 6.37. The quantitative estimate of drug-likeness (QED) is 0.768. The first-order valence-electron chi connectivity index (χ1n) is 6.58. The maximum Gasteiger partial charge on any atom is 0.422 e. The molecule has 0 spiro atoms. The molecule has 3 rings (SSSR count). The third kappa shape index (κ3) is 3.86. The first kappa shape index (κ1) is 15.5. The zero-order chi connectivity index (χ0) is 16.3. The maximum absolute atomic E-state index is 12.3. The molecule has 23 heavy (non-hydrogen) atoms. The normalized spacial score (nSPS) is 11.6. The Morgan fingerprint density at radius 3 is 2.87 bits per heavy atom. The van der Waals surface area contributed by atoms with Crippen LogP contribution < -0.4 is 10.1 Å². The van der Waals surface area contributed by atoms with Crippen LogP contribution in [0.15, 0.2) is 36.1 Å². The van der Waals surface area contributed by atoms with Crippen molar-refractivity contribution in [2.75, 3.05) is 11.9 Å². The number of hydrogen-bond acceptors (Lipinski definition) is 6. The number of thiophene rings is 1. The molecule has 9 heteroatoms. The zero-order valence-corrected chi connectivity index (χ0v) is 12.5. The van der Waals surface area contributed by atoms with Gasteiger partial charge in [0.05, 0.1) is 10.2 Å². The topological polar surface area (TPSA) is 59.9 Å². The predicted octanol–water partition coefficient (Wildman–Crippen LogP) is 3.64. The van der Waals surface area contributed by atoms with Gasteiger partial charge in [-0.3, -0.25) is 0 Å². The monoisotopic (exact) mass is 340 g/mol. The van der Waals surface area contributed by atoms with Gasteiger partial charge in [-0.05, 0) is 17.5 Å². The molecule has 0 amide bonds. The van der Waals surface area contributed by atoms with Gasteiger partial charge < -0.3 is 10.1 Å². The van der Waals surface area contributed by atoms with Crippen molar-refractivity contribution in [3.05, 3.63) is 41.7 Å². The lowest BCUT2D eigenvalue weighted by atomic mass is 10.2. The number of halogens is 3. The van der Waals surface area contributed by atoms with Crippen molar-refractivity contribution in [3.63, 3.8) is 0 Å². The summed E-state index contributed by atoms with van der Waals surface area (Å²) in [7, 11) is 0. The van der Waals surface area contributed by atoms with E-state index in [0.717, 1.165) is 10.2 Å². The Morgan fingerprint density at radius 1 is 1.17 bits per heavy atom. The molecule has 120 valence electrons. The highest BCUT2D eigenvalue weighted by Crippen LogP contribution is 2.26. The molecule has 0 aromatic carbocycles. The minimum absolute atomic E-state index is 0.0474. The van der Waals surface area contributed by atoms with Crippen LogP contribution in [-0.4, -0.2) is 27.7 Å². The molecule has 0 bridgehead atoms. The molecule has 0 saturated carbocycles. The lowest BCUT2D eigenvalue weighted by molar-refractivity contribution is -0.154. The van der Waals surface area contributed by atoms with Crippen molar-refractivity contribution in [2.24, 2.45) is 0 Å². The first-order valence-corrected chi connectivity index (χ1v) is 7.46. The van der Waals surface area contributed by atoms with Gasteiger partial charge in [0.25, 0.3) is 0 Å². The van der Waals surface area contributed by atoms with Crippen molar-refractivity contribution in [1.29, 1.82) is 0 Å². The minimum atomic E-state index is -4.40. The number of pyridine rings is 1. The van der Waals surface area contributed by atoms with E-state index in [0.29, 0.717) is 11.4 Å². The van der Waals surface area contributed by atoms with E-state index in [9.17, 15) is 13.2 Å². The van der Waals surface area contributed by atoms with Crippen LogP contribution in [0.1, 0.15) is 5.56 Å². The minimum Gasteiger partial charge on any atom is -0.468 e. The highest BCUT2D eigenvalue weighted by Gasteiger charge is 2.29. The molecule has 0 unspecified atom stereocenters. The Hall–Kier alpha value is -2.42. The number of hydrogen-bond donors (Lipinski definition) is 1. The fourth-order valence-corrected chi connectivity index (χ4v) is 2.74. The number of alkyl halides is 3. The molecule has 3 heterocycles. The molecule has 0 fully saturated rings. The van der Waals surface area contributed by atoms with Gasteiger partial charge in [0.15, 0.2) is 6.61 Å². The molecular formula is C14H11F3N4OS. The van der Waals surface area contributed by atoms with Crippen LogP contribution in [0.2, 0.25) is 0 Å². The smallest absolute Gasteiger partial charge is 0.422 e. The van der Waals surface area contributed by atoms with E-state index in [1.54, 1.807) is 12.1 Å². The van der Waals surface area contributed by atoms with Crippen molar-refractivity contribution < 1.29 is 17.9 Å². The van der Waals surface area contributed by atoms with Crippen LogP contribution in [0.25, 0.3) is 10.2 Å². The number of aromatic nitrogens is 3. The largest absolute Gasteiger partial charge is 0.468 e. The van der Waals surface area contributed by atoms with Gasteiger partial charge in [-0.1, -0.05) is 6.07 Å². The zero-order valence-electron chi connectivity index (χ0n) is 11.7. The average Bonchev–Trinajstić information content (AvgIpc) is 3.00. The standard InChI is InChI=1S/C14H11F3N4OS/c15-14(16,17)7-22-13-9(2-1-4-18-13)6-19-12-11-10(3-5-23-11)20-8-21-12/h1-5,8H,6-7H2,(H,19,20,21). The number of nitrogens with one attached hydrogen (secondary N) is 1. The summed E-state index contributed by atoms with van der Waals surface area (Å²) < 4.78 is 42.5. The molecule has 3 aromatic rings.